The zero-order valence-electron chi connectivity index (χ0n) is 10.2. The first kappa shape index (κ1) is 11.4. The lowest BCUT2D eigenvalue weighted by molar-refractivity contribution is 0.311. The van der Waals surface area contributed by atoms with Crippen molar-refractivity contribution in [2.24, 2.45) is 0 Å². The Hall–Kier alpha value is -1.10. The summed E-state index contributed by atoms with van der Waals surface area (Å²) >= 11 is 0. The van der Waals surface area contributed by atoms with Crippen LogP contribution in [-0.4, -0.2) is 39.5 Å². The Morgan fingerprint density at radius 2 is 1.94 bits per heavy atom. The molecule has 2 N–H and O–H groups in total. The number of anilines is 1. The van der Waals surface area contributed by atoms with E-state index in [0.717, 1.165) is 18.8 Å². The lowest BCUT2D eigenvalue weighted by Gasteiger charge is -2.16. The molecule has 2 rings (SSSR count). The smallest absolute Gasteiger partial charge is 0.169 e. The lowest BCUT2D eigenvalue weighted by atomic mass is 10.1. The van der Waals surface area contributed by atoms with Crippen LogP contribution in [0.25, 0.3) is 0 Å². The molecule has 0 amide bonds. The van der Waals surface area contributed by atoms with Gasteiger partial charge in [0.1, 0.15) is 0 Å². The molecule has 0 unspecified atom stereocenters. The molecule has 1 aliphatic heterocycles. The van der Waals surface area contributed by atoms with Gasteiger partial charge in [-0.2, -0.15) is 0 Å². The number of hydrogen-bond donors (Lipinski definition) is 1. The summed E-state index contributed by atoms with van der Waals surface area (Å²) in [5, 5.41) is 8.07. The molecule has 0 saturated carbocycles. The number of likely N-dealkylation sites (tertiary alicyclic amines) is 1. The zero-order valence-corrected chi connectivity index (χ0v) is 10.2. The van der Waals surface area contributed by atoms with Crippen LogP contribution < -0.4 is 5.73 Å². The molecule has 0 aliphatic carbocycles. The van der Waals surface area contributed by atoms with E-state index in [9.17, 15) is 0 Å². The Kier molecular flexibility index (Phi) is 3.43. The van der Waals surface area contributed by atoms with E-state index in [0.29, 0.717) is 11.7 Å². The van der Waals surface area contributed by atoms with Gasteiger partial charge in [-0.1, -0.05) is 19.1 Å². The fourth-order valence-electron chi connectivity index (χ4n) is 2.34. The normalized spacial score (nSPS) is 17.4. The van der Waals surface area contributed by atoms with Gasteiger partial charge in [0.15, 0.2) is 5.82 Å². The number of hydrogen-bond acceptors (Lipinski definition) is 4. The van der Waals surface area contributed by atoms with Crippen LogP contribution in [0.4, 0.5) is 5.82 Å². The number of nitrogens with zero attached hydrogens (tertiary/aromatic N) is 4. The fourth-order valence-corrected chi connectivity index (χ4v) is 2.34. The molecule has 5 nitrogen and oxygen atoms in total. The molecule has 0 spiro atoms. The van der Waals surface area contributed by atoms with Gasteiger partial charge < -0.3 is 10.6 Å². The van der Waals surface area contributed by atoms with Crippen LogP contribution in [0.1, 0.15) is 38.3 Å². The molecule has 1 aliphatic rings. The number of nitrogen functional groups attached to an aromatic ring is 1. The van der Waals surface area contributed by atoms with Crippen LogP contribution in [0.3, 0.4) is 0 Å². The predicted molar refractivity (Wildman–Crippen MR) is 64.2 cm³/mol. The van der Waals surface area contributed by atoms with Crippen molar-refractivity contribution in [3.8, 4) is 0 Å². The minimum absolute atomic E-state index is 0.383. The average molecular weight is 223 g/mol. The van der Waals surface area contributed by atoms with E-state index in [4.69, 9.17) is 5.73 Å². The Morgan fingerprint density at radius 3 is 2.56 bits per heavy atom. The Morgan fingerprint density at radius 1 is 1.25 bits per heavy atom. The molecule has 0 bridgehead atoms. The van der Waals surface area contributed by atoms with Crippen molar-refractivity contribution < 1.29 is 0 Å². The first-order valence-electron chi connectivity index (χ1n) is 6.09. The molecule has 90 valence electrons. The lowest BCUT2D eigenvalue weighted by Crippen LogP contribution is -2.25. The van der Waals surface area contributed by atoms with Crippen LogP contribution in [0, 0.1) is 0 Å². The summed E-state index contributed by atoms with van der Waals surface area (Å²) in [6.45, 7) is 8.66. The van der Waals surface area contributed by atoms with E-state index in [1.807, 2.05) is 4.68 Å². The highest BCUT2D eigenvalue weighted by Crippen LogP contribution is 2.19. The summed E-state index contributed by atoms with van der Waals surface area (Å²) in [7, 11) is 0. The number of nitrogens with two attached hydrogens (primary N) is 1. The van der Waals surface area contributed by atoms with Gasteiger partial charge in [0.05, 0.1) is 12.2 Å². The monoisotopic (exact) mass is 223 g/mol. The molecular weight excluding hydrogens is 202 g/mol. The van der Waals surface area contributed by atoms with Crippen LogP contribution in [0.15, 0.2) is 0 Å². The summed E-state index contributed by atoms with van der Waals surface area (Å²) in [5.41, 5.74) is 6.89. The quantitative estimate of drug-likeness (QED) is 0.829. The van der Waals surface area contributed by atoms with Crippen molar-refractivity contribution in [2.75, 3.05) is 25.4 Å². The van der Waals surface area contributed by atoms with E-state index >= 15 is 0 Å². The molecule has 5 heteroatoms. The third kappa shape index (κ3) is 2.35. The molecule has 0 aromatic carbocycles. The van der Waals surface area contributed by atoms with Gasteiger partial charge in [-0.05, 0) is 31.8 Å². The van der Waals surface area contributed by atoms with Crippen LogP contribution in [0.5, 0.6) is 0 Å². The van der Waals surface area contributed by atoms with Gasteiger partial charge >= 0.3 is 0 Å². The van der Waals surface area contributed by atoms with Crippen molar-refractivity contribution in [2.45, 2.75) is 39.2 Å². The van der Waals surface area contributed by atoms with Crippen LogP contribution in [0.2, 0.25) is 0 Å². The second kappa shape index (κ2) is 4.82. The van der Waals surface area contributed by atoms with E-state index in [-0.39, 0.29) is 0 Å². The number of rotatable bonds is 4. The van der Waals surface area contributed by atoms with E-state index in [2.05, 4.69) is 29.1 Å². The SMILES string of the molecule is CC(C)c1c(N)nnn1CCN1CCCC1. The Balaban J connectivity index is 1.97. The van der Waals surface area contributed by atoms with Crippen molar-refractivity contribution >= 4 is 5.82 Å². The molecule has 2 heterocycles. The van der Waals surface area contributed by atoms with Crippen LogP contribution >= 0.6 is 0 Å². The van der Waals surface area contributed by atoms with Crippen molar-refractivity contribution in [1.29, 1.82) is 0 Å². The molecule has 0 radical (unpaired) electrons. The topological polar surface area (TPSA) is 60.0 Å². The summed E-state index contributed by atoms with van der Waals surface area (Å²) in [6.07, 6.45) is 2.66. The van der Waals surface area contributed by atoms with Gasteiger partial charge in [-0.15, -0.1) is 5.10 Å². The second-order valence-electron chi connectivity index (χ2n) is 4.79. The zero-order chi connectivity index (χ0) is 11.5. The van der Waals surface area contributed by atoms with Crippen molar-refractivity contribution in [1.82, 2.24) is 19.9 Å². The predicted octanol–water partition coefficient (Wildman–Crippen LogP) is 1.08. The fraction of sp³-hybridized carbons (Fsp3) is 0.818. The van der Waals surface area contributed by atoms with Gasteiger partial charge in [0.2, 0.25) is 0 Å². The molecule has 1 saturated heterocycles. The standard InChI is InChI=1S/C11H21N5/c1-9(2)10-11(12)13-14-16(10)8-7-15-5-3-4-6-15/h9H,3-8,12H2,1-2H3. The summed E-state index contributed by atoms with van der Waals surface area (Å²) in [5.74, 6) is 0.963. The minimum atomic E-state index is 0.383. The molecule has 1 aromatic heterocycles. The third-order valence-electron chi connectivity index (χ3n) is 3.17. The van der Waals surface area contributed by atoms with Gasteiger partial charge in [-0.25, -0.2) is 4.68 Å². The largest absolute Gasteiger partial charge is 0.381 e. The second-order valence-corrected chi connectivity index (χ2v) is 4.79. The maximum atomic E-state index is 5.82. The highest BCUT2D eigenvalue weighted by molar-refractivity contribution is 5.35. The molecule has 0 atom stereocenters. The van der Waals surface area contributed by atoms with E-state index in [1.54, 1.807) is 0 Å². The van der Waals surface area contributed by atoms with E-state index < -0.39 is 0 Å². The first-order valence-corrected chi connectivity index (χ1v) is 6.09. The van der Waals surface area contributed by atoms with Crippen molar-refractivity contribution in [3.05, 3.63) is 5.69 Å². The highest BCUT2D eigenvalue weighted by Gasteiger charge is 2.16. The van der Waals surface area contributed by atoms with Crippen molar-refractivity contribution in [3.63, 3.8) is 0 Å². The number of aromatic nitrogens is 3. The van der Waals surface area contributed by atoms with Crippen LogP contribution in [-0.2, 0) is 6.54 Å². The van der Waals surface area contributed by atoms with Gasteiger partial charge in [0.25, 0.3) is 0 Å². The highest BCUT2D eigenvalue weighted by atomic mass is 15.4. The first-order chi connectivity index (χ1) is 7.68. The maximum Gasteiger partial charge on any atom is 0.169 e. The molecule has 1 fully saturated rings. The summed E-state index contributed by atoms with van der Waals surface area (Å²) in [6, 6.07) is 0. The van der Waals surface area contributed by atoms with E-state index in [1.165, 1.54) is 25.9 Å². The third-order valence-corrected chi connectivity index (χ3v) is 3.17. The Labute approximate surface area is 96.6 Å². The van der Waals surface area contributed by atoms with Gasteiger partial charge in [0, 0.05) is 6.54 Å². The molecule has 16 heavy (non-hydrogen) atoms. The summed E-state index contributed by atoms with van der Waals surface area (Å²) < 4.78 is 1.96. The molecule has 1 aromatic rings. The average Bonchev–Trinajstić information content (AvgIpc) is 2.83. The minimum Gasteiger partial charge on any atom is -0.381 e. The maximum absolute atomic E-state index is 5.82. The Bertz CT molecular complexity index is 338. The van der Waals surface area contributed by atoms with Gasteiger partial charge in [-0.3, -0.25) is 0 Å². The summed E-state index contributed by atoms with van der Waals surface area (Å²) in [4.78, 5) is 2.47. The molecular formula is C11H21N5.